The lowest BCUT2D eigenvalue weighted by atomic mass is 9.81. The summed E-state index contributed by atoms with van der Waals surface area (Å²) in [6.07, 6.45) is 0. The average molecular weight is 725 g/mol. The number of para-hydroxylation sites is 1. The highest BCUT2D eigenvalue weighted by Crippen LogP contribution is 2.53. The van der Waals surface area contributed by atoms with Crippen molar-refractivity contribution in [3.63, 3.8) is 0 Å². The molecule has 260 valence electrons. The van der Waals surface area contributed by atoms with E-state index in [1.54, 1.807) is 11.3 Å². The quantitative estimate of drug-likeness (QED) is 0.177. The Hall–Kier alpha value is -6.76. The van der Waals surface area contributed by atoms with E-state index in [-0.39, 0.29) is 5.41 Å². The fourth-order valence-electron chi connectivity index (χ4n) is 8.32. The molecule has 0 atom stereocenters. The van der Waals surface area contributed by atoms with E-state index in [1.807, 2.05) is 72.8 Å². The van der Waals surface area contributed by atoms with Crippen LogP contribution >= 0.6 is 11.3 Å². The van der Waals surface area contributed by atoms with Gasteiger partial charge in [-0.15, -0.1) is 11.3 Å². The fourth-order valence-corrected chi connectivity index (χ4v) is 9.30. The predicted molar refractivity (Wildman–Crippen MR) is 225 cm³/mol. The van der Waals surface area contributed by atoms with Crippen LogP contribution in [0.4, 0.5) is 0 Å². The van der Waals surface area contributed by atoms with Crippen molar-refractivity contribution in [1.29, 1.82) is 0 Å². The molecule has 1 aliphatic carbocycles. The van der Waals surface area contributed by atoms with Gasteiger partial charge in [-0.05, 0) is 58.1 Å². The summed E-state index contributed by atoms with van der Waals surface area (Å²) in [5, 5.41) is 3.05. The van der Waals surface area contributed by atoms with E-state index < -0.39 is 0 Å². The van der Waals surface area contributed by atoms with Crippen LogP contribution in [0.15, 0.2) is 162 Å². The fraction of sp³-hybridized carbons (Fsp3) is 0.0612. The summed E-state index contributed by atoms with van der Waals surface area (Å²) in [5.41, 5.74) is 13.6. The second-order valence-electron chi connectivity index (χ2n) is 14.6. The SMILES string of the molecule is CC1(C)c2cc(-c3ccc(-c4nc(-c5ccccc5)nc(-c5ccccc5)n4)c4c3oc3ccccc34)ccc2-c2ccc3sc(-c4ccccc4)nc3c21. The number of hydrogen-bond donors (Lipinski definition) is 0. The molecule has 7 aromatic carbocycles. The molecule has 3 aromatic heterocycles. The van der Waals surface area contributed by atoms with Crippen molar-refractivity contribution in [2.45, 2.75) is 19.3 Å². The smallest absolute Gasteiger partial charge is 0.164 e. The van der Waals surface area contributed by atoms with Gasteiger partial charge in [0.15, 0.2) is 17.5 Å². The number of rotatable bonds is 5. The second kappa shape index (κ2) is 12.1. The van der Waals surface area contributed by atoms with Crippen molar-refractivity contribution in [1.82, 2.24) is 19.9 Å². The number of furan rings is 1. The first-order valence-electron chi connectivity index (χ1n) is 18.5. The number of aromatic nitrogens is 4. The van der Waals surface area contributed by atoms with Crippen LogP contribution in [0.5, 0.6) is 0 Å². The van der Waals surface area contributed by atoms with Gasteiger partial charge >= 0.3 is 0 Å². The van der Waals surface area contributed by atoms with Crippen molar-refractivity contribution >= 4 is 43.5 Å². The van der Waals surface area contributed by atoms with E-state index in [4.69, 9.17) is 24.4 Å². The molecule has 0 N–H and O–H groups in total. The molecule has 55 heavy (non-hydrogen) atoms. The summed E-state index contributed by atoms with van der Waals surface area (Å²) in [6, 6.07) is 54.6. The molecule has 6 heteroatoms. The summed E-state index contributed by atoms with van der Waals surface area (Å²) in [6.45, 7) is 4.66. The molecular weight excluding hydrogens is 693 g/mol. The third kappa shape index (κ3) is 4.99. The molecule has 0 radical (unpaired) electrons. The van der Waals surface area contributed by atoms with Gasteiger partial charge < -0.3 is 4.42 Å². The maximum absolute atomic E-state index is 6.79. The molecule has 0 fully saturated rings. The Balaban J connectivity index is 1.09. The van der Waals surface area contributed by atoms with Gasteiger partial charge in [0.1, 0.15) is 16.2 Å². The molecule has 0 saturated carbocycles. The van der Waals surface area contributed by atoms with Crippen molar-refractivity contribution in [2.75, 3.05) is 0 Å². The third-order valence-electron chi connectivity index (χ3n) is 11.0. The molecule has 0 bridgehead atoms. The third-order valence-corrected chi connectivity index (χ3v) is 12.0. The molecule has 11 rings (SSSR count). The van der Waals surface area contributed by atoms with Crippen molar-refractivity contribution in [3.8, 4) is 67.0 Å². The van der Waals surface area contributed by atoms with Gasteiger partial charge in [0.2, 0.25) is 0 Å². The van der Waals surface area contributed by atoms with Crippen LogP contribution in [0, 0.1) is 0 Å². The molecule has 1 aliphatic rings. The maximum Gasteiger partial charge on any atom is 0.164 e. The molecule has 0 unspecified atom stereocenters. The molecule has 3 heterocycles. The van der Waals surface area contributed by atoms with E-state index in [0.29, 0.717) is 17.5 Å². The van der Waals surface area contributed by atoms with E-state index in [1.165, 1.54) is 27.0 Å². The van der Waals surface area contributed by atoms with Gasteiger partial charge in [-0.25, -0.2) is 19.9 Å². The zero-order valence-corrected chi connectivity index (χ0v) is 30.9. The maximum atomic E-state index is 6.79. The zero-order chi connectivity index (χ0) is 36.7. The minimum absolute atomic E-state index is 0.262. The monoisotopic (exact) mass is 724 g/mol. The highest BCUT2D eigenvalue weighted by Gasteiger charge is 2.38. The lowest BCUT2D eigenvalue weighted by Crippen LogP contribution is -2.15. The standard InChI is InChI=1S/C49H32N4OS/c1-49(2)38-28-32(22-23-34(38)35-26-27-40-43(42(35)49)50-48(55-40)31-18-10-5-11-19-31)33-24-25-37(41-36-20-12-13-21-39(36)54-44(33)41)47-52-45(29-14-6-3-7-15-29)51-46(53-47)30-16-8-4-9-17-30/h3-28H,1-2H3. The Morgan fingerprint density at radius 3 is 1.78 bits per heavy atom. The minimum atomic E-state index is -0.262. The first-order chi connectivity index (χ1) is 27.0. The number of nitrogens with zero attached hydrogens (tertiary/aromatic N) is 4. The Morgan fingerprint density at radius 2 is 1.07 bits per heavy atom. The topological polar surface area (TPSA) is 64.7 Å². The van der Waals surface area contributed by atoms with E-state index in [2.05, 4.69) is 98.8 Å². The first-order valence-corrected chi connectivity index (χ1v) is 19.3. The van der Waals surface area contributed by atoms with Crippen LogP contribution in [0.3, 0.4) is 0 Å². The van der Waals surface area contributed by atoms with Crippen LogP contribution in [-0.2, 0) is 5.41 Å². The lowest BCUT2D eigenvalue weighted by Gasteiger charge is -2.22. The van der Waals surface area contributed by atoms with Crippen LogP contribution in [0.2, 0.25) is 0 Å². The zero-order valence-electron chi connectivity index (χ0n) is 30.1. The van der Waals surface area contributed by atoms with Gasteiger partial charge in [-0.3, -0.25) is 0 Å². The van der Waals surface area contributed by atoms with E-state index in [0.717, 1.165) is 65.8 Å². The van der Waals surface area contributed by atoms with Crippen molar-refractivity contribution < 1.29 is 4.42 Å². The molecule has 0 aliphatic heterocycles. The van der Waals surface area contributed by atoms with E-state index >= 15 is 0 Å². The van der Waals surface area contributed by atoms with Gasteiger partial charge in [-0.2, -0.15) is 0 Å². The van der Waals surface area contributed by atoms with Crippen LogP contribution in [-0.4, -0.2) is 19.9 Å². The number of thiazole rings is 1. The minimum Gasteiger partial charge on any atom is -0.455 e. The van der Waals surface area contributed by atoms with Crippen molar-refractivity contribution in [2.24, 2.45) is 0 Å². The normalized spacial score (nSPS) is 13.1. The Kier molecular flexibility index (Phi) is 7.00. The van der Waals surface area contributed by atoms with Crippen LogP contribution in [0.25, 0.3) is 99.1 Å². The first kappa shape index (κ1) is 31.7. The molecule has 10 aromatic rings. The summed E-state index contributed by atoms with van der Waals surface area (Å²) in [7, 11) is 0. The number of hydrogen-bond acceptors (Lipinski definition) is 6. The highest BCUT2D eigenvalue weighted by molar-refractivity contribution is 7.21. The summed E-state index contributed by atoms with van der Waals surface area (Å²) in [5.74, 6) is 1.85. The second-order valence-corrected chi connectivity index (χ2v) is 15.6. The van der Waals surface area contributed by atoms with Crippen LogP contribution in [0.1, 0.15) is 25.0 Å². The average Bonchev–Trinajstić information content (AvgIpc) is 3.92. The molecule has 0 spiro atoms. The van der Waals surface area contributed by atoms with E-state index in [9.17, 15) is 0 Å². The Labute approximate surface area is 321 Å². The highest BCUT2D eigenvalue weighted by atomic mass is 32.1. The lowest BCUT2D eigenvalue weighted by molar-refractivity contribution is 0.664. The van der Waals surface area contributed by atoms with Gasteiger partial charge in [0.05, 0.1) is 10.2 Å². The Morgan fingerprint density at radius 1 is 0.491 bits per heavy atom. The number of benzene rings is 7. The predicted octanol–water partition coefficient (Wildman–Crippen LogP) is 13.0. The summed E-state index contributed by atoms with van der Waals surface area (Å²) >= 11 is 1.76. The molecule has 0 amide bonds. The number of fused-ring (bicyclic) bond motifs is 8. The summed E-state index contributed by atoms with van der Waals surface area (Å²) < 4.78 is 8.00. The van der Waals surface area contributed by atoms with Gasteiger partial charge in [-0.1, -0.05) is 141 Å². The van der Waals surface area contributed by atoms with Crippen LogP contribution < -0.4 is 0 Å². The van der Waals surface area contributed by atoms with Gasteiger partial charge in [0, 0.05) is 44.0 Å². The molecular formula is C49H32N4OS. The van der Waals surface area contributed by atoms with Crippen molar-refractivity contribution in [3.05, 3.63) is 169 Å². The summed E-state index contributed by atoms with van der Waals surface area (Å²) in [4.78, 5) is 20.4. The van der Waals surface area contributed by atoms with Gasteiger partial charge in [0.25, 0.3) is 0 Å². The molecule has 0 saturated heterocycles. The largest absolute Gasteiger partial charge is 0.455 e. The molecule has 5 nitrogen and oxygen atoms in total. The Bertz CT molecular complexity index is 3050.